The molecule has 0 saturated carbocycles. The molecule has 0 aliphatic heterocycles. The van der Waals surface area contributed by atoms with Gasteiger partial charge in [0.05, 0.1) is 6.54 Å². The van der Waals surface area contributed by atoms with E-state index in [1.807, 2.05) is 12.1 Å². The Kier molecular flexibility index (Phi) is 5.23. The van der Waals surface area contributed by atoms with Crippen LogP contribution in [0, 0.1) is 19.7 Å². The van der Waals surface area contributed by atoms with E-state index in [9.17, 15) is 9.18 Å². The molecule has 0 aliphatic rings. The highest BCUT2D eigenvalue weighted by atomic mass is 35.5. The predicted octanol–water partition coefficient (Wildman–Crippen LogP) is 5.07. The van der Waals surface area contributed by atoms with Crippen molar-refractivity contribution in [2.24, 2.45) is 0 Å². The van der Waals surface area contributed by atoms with Crippen LogP contribution in [0.2, 0.25) is 5.02 Å². The largest absolute Gasteiger partial charge is 0.441 e. The summed E-state index contributed by atoms with van der Waals surface area (Å²) in [5.74, 6) is 0.658. The molecule has 3 aromatic rings. The number of aryl methyl sites for hydroxylation is 2. The molecule has 2 amide bonds. The summed E-state index contributed by atoms with van der Waals surface area (Å²) in [6.45, 7) is 3.60. The van der Waals surface area contributed by atoms with E-state index in [0.717, 1.165) is 5.56 Å². The van der Waals surface area contributed by atoms with Crippen LogP contribution in [0.4, 0.5) is 14.9 Å². The van der Waals surface area contributed by atoms with E-state index in [4.69, 9.17) is 16.0 Å². The predicted molar refractivity (Wildman–Crippen MR) is 98.7 cm³/mol. The first-order valence-corrected chi connectivity index (χ1v) is 8.33. The van der Waals surface area contributed by atoms with E-state index in [1.54, 1.807) is 38.1 Å². The van der Waals surface area contributed by atoms with E-state index >= 15 is 0 Å². The van der Waals surface area contributed by atoms with Gasteiger partial charge in [-0.05, 0) is 49.7 Å². The van der Waals surface area contributed by atoms with Crippen molar-refractivity contribution in [1.29, 1.82) is 0 Å². The number of hydrogen-bond acceptors (Lipinski definition) is 3. The van der Waals surface area contributed by atoms with Crippen LogP contribution in [-0.4, -0.2) is 11.0 Å². The molecule has 2 N–H and O–H groups in total. The quantitative estimate of drug-likeness (QED) is 0.670. The number of nitrogens with one attached hydrogen (secondary N) is 2. The lowest BCUT2D eigenvalue weighted by atomic mass is 10.2. The normalized spacial score (nSPS) is 10.6. The molecule has 5 nitrogen and oxygen atoms in total. The topological polar surface area (TPSA) is 67.2 Å². The first kappa shape index (κ1) is 17.9. The van der Waals surface area contributed by atoms with E-state index in [2.05, 4.69) is 15.6 Å². The number of carbonyl (C=O) groups is 1. The lowest BCUT2D eigenvalue weighted by Crippen LogP contribution is -2.28. The molecule has 7 heteroatoms. The fraction of sp³-hybridized carbons (Fsp3) is 0.158. The molecule has 1 aromatic heterocycles. The fourth-order valence-electron chi connectivity index (χ4n) is 2.35. The zero-order valence-corrected chi connectivity index (χ0v) is 15.0. The van der Waals surface area contributed by atoms with E-state index in [-0.39, 0.29) is 12.4 Å². The highest BCUT2D eigenvalue weighted by Gasteiger charge is 2.13. The molecule has 0 atom stereocenters. The van der Waals surface area contributed by atoms with E-state index in [1.165, 1.54) is 6.07 Å². The molecular weight excluding hydrogens is 357 g/mol. The van der Waals surface area contributed by atoms with Crippen molar-refractivity contribution in [3.63, 3.8) is 0 Å². The van der Waals surface area contributed by atoms with Crippen molar-refractivity contribution in [2.75, 3.05) is 5.32 Å². The summed E-state index contributed by atoms with van der Waals surface area (Å²) in [5.41, 5.74) is 2.25. The van der Waals surface area contributed by atoms with Crippen LogP contribution in [0.25, 0.3) is 11.5 Å². The van der Waals surface area contributed by atoms with Gasteiger partial charge in [-0.15, -0.1) is 0 Å². The summed E-state index contributed by atoms with van der Waals surface area (Å²) in [6, 6.07) is 11.2. The van der Waals surface area contributed by atoms with E-state index < -0.39 is 6.03 Å². The average Bonchev–Trinajstić information content (AvgIpc) is 2.97. The standard InChI is InChI=1S/C19H17ClFN3O2/c1-11-6-7-15(9-16(11)21)23-19(25)22-10-17-12(2)26-18(24-17)13-4-3-5-14(20)8-13/h3-9H,10H2,1-2H3,(H2,22,23,25). The number of nitrogens with zero attached hydrogens (tertiary/aromatic N) is 1. The van der Waals surface area contributed by atoms with Gasteiger partial charge in [-0.2, -0.15) is 0 Å². The maximum absolute atomic E-state index is 13.5. The summed E-state index contributed by atoms with van der Waals surface area (Å²) in [5, 5.41) is 5.84. The van der Waals surface area contributed by atoms with Gasteiger partial charge in [-0.1, -0.05) is 23.7 Å². The van der Waals surface area contributed by atoms with Crippen molar-refractivity contribution in [1.82, 2.24) is 10.3 Å². The van der Waals surface area contributed by atoms with Gasteiger partial charge in [0, 0.05) is 16.3 Å². The Morgan fingerprint density at radius 3 is 2.77 bits per heavy atom. The maximum atomic E-state index is 13.5. The summed E-state index contributed by atoms with van der Waals surface area (Å²) in [7, 11) is 0. The lowest BCUT2D eigenvalue weighted by molar-refractivity contribution is 0.251. The molecule has 0 saturated heterocycles. The molecule has 0 spiro atoms. The number of oxazole rings is 1. The summed E-state index contributed by atoms with van der Waals surface area (Å²) < 4.78 is 19.2. The van der Waals surface area contributed by atoms with Gasteiger partial charge >= 0.3 is 6.03 Å². The third-order valence-electron chi connectivity index (χ3n) is 3.81. The maximum Gasteiger partial charge on any atom is 0.319 e. The molecule has 1 heterocycles. The number of benzene rings is 2. The SMILES string of the molecule is Cc1ccc(NC(=O)NCc2nc(-c3cccc(Cl)c3)oc2C)cc1F. The molecule has 3 rings (SSSR count). The van der Waals surface area contributed by atoms with Gasteiger partial charge in [0.25, 0.3) is 0 Å². The number of halogens is 2. The molecule has 134 valence electrons. The number of urea groups is 1. The first-order chi connectivity index (χ1) is 12.4. The van der Waals surface area contributed by atoms with Gasteiger partial charge in [0.2, 0.25) is 5.89 Å². The highest BCUT2D eigenvalue weighted by molar-refractivity contribution is 6.30. The third kappa shape index (κ3) is 4.21. The van der Waals surface area contributed by atoms with Crippen molar-refractivity contribution in [2.45, 2.75) is 20.4 Å². The minimum Gasteiger partial charge on any atom is -0.441 e. The molecule has 0 radical (unpaired) electrons. The Labute approximate surface area is 155 Å². The number of hydrogen-bond donors (Lipinski definition) is 2. The second-order valence-electron chi connectivity index (χ2n) is 5.80. The van der Waals surface area contributed by atoms with Crippen LogP contribution in [0.3, 0.4) is 0 Å². The number of amides is 2. The third-order valence-corrected chi connectivity index (χ3v) is 4.05. The molecule has 0 unspecified atom stereocenters. The molecule has 2 aromatic carbocycles. The van der Waals surface area contributed by atoms with Crippen LogP contribution in [0.5, 0.6) is 0 Å². The van der Waals surface area contributed by atoms with Gasteiger partial charge in [-0.25, -0.2) is 14.2 Å². The lowest BCUT2D eigenvalue weighted by Gasteiger charge is -2.07. The Morgan fingerprint density at radius 1 is 1.23 bits per heavy atom. The smallest absolute Gasteiger partial charge is 0.319 e. The summed E-state index contributed by atoms with van der Waals surface area (Å²) >= 11 is 5.98. The molecule has 26 heavy (non-hydrogen) atoms. The van der Waals surface area contributed by atoms with Gasteiger partial charge in [0.15, 0.2) is 0 Å². The Balaban J connectivity index is 1.64. The van der Waals surface area contributed by atoms with E-state index in [0.29, 0.717) is 33.6 Å². The molecule has 0 aliphatic carbocycles. The van der Waals surface area contributed by atoms with Crippen LogP contribution in [0.1, 0.15) is 17.0 Å². The molecule has 0 bridgehead atoms. The Bertz CT molecular complexity index is 956. The number of rotatable bonds is 4. The zero-order valence-electron chi connectivity index (χ0n) is 14.3. The summed E-state index contributed by atoms with van der Waals surface area (Å²) in [6.07, 6.45) is 0. The van der Waals surface area contributed by atoms with Gasteiger partial charge in [-0.3, -0.25) is 0 Å². The fourth-order valence-corrected chi connectivity index (χ4v) is 2.54. The monoisotopic (exact) mass is 373 g/mol. The van der Waals surface area contributed by atoms with Gasteiger partial charge < -0.3 is 15.1 Å². The number of anilines is 1. The molecule has 0 fully saturated rings. The van der Waals surface area contributed by atoms with Crippen molar-refractivity contribution < 1.29 is 13.6 Å². The second kappa shape index (κ2) is 7.58. The average molecular weight is 374 g/mol. The van der Waals surface area contributed by atoms with Crippen molar-refractivity contribution >= 4 is 23.3 Å². The second-order valence-corrected chi connectivity index (χ2v) is 6.24. The minimum atomic E-state index is -0.458. The van der Waals surface area contributed by atoms with Crippen LogP contribution in [-0.2, 0) is 6.54 Å². The highest BCUT2D eigenvalue weighted by Crippen LogP contribution is 2.24. The van der Waals surface area contributed by atoms with Crippen LogP contribution < -0.4 is 10.6 Å². The summed E-state index contributed by atoms with van der Waals surface area (Å²) in [4.78, 5) is 16.4. The Morgan fingerprint density at radius 2 is 2.04 bits per heavy atom. The minimum absolute atomic E-state index is 0.177. The van der Waals surface area contributed by atoms with Crippen molar-refractivity contribution in [3.05, 3.63) is 70.3 Å². The number of aromatic nitrogens is 1. The zero-order chi connectivity index (χ0) is 18.7. The van der Waals surface area contributed by atoms with Crippen LogP contribution in [0.15, 0.2) is 46.9 Å². The number of carbonyl (C=O) groups excluding carboxylic acids is 1. The first-order valence-electron chi connectivity index (χ1n) is 7.95. The Hall–Kier alpha value is -2.86. The van der Waals surface area contributed by atoms with Crippen molar-refractivity contribution in [3.8, 4) is 11.5 Å². The van der Waals surface area contributed by atoms with Crippen LogP contribution >= 0.6 is 11.6 Å². The van der Waals surface area contributed by atoms with Gasteiger partial charge in [0.1, 0.15) is 17.3 Å². The molecular formula is C19H17ClFN3O2.